The first-order chi connectivity index (χ1) is 16.4. The predicted octanol–water partition coefficient (Wildman–Crippen LogP) is 7.51. The van der Waals surface area contributed by atoms with Gasteiger partial charge in [-0.1, -0.05) is 31.2 Å². The molecule has 0 atom stereocenters. The summed E-state index contributed by atoms with van der Waals surface area (Å²) < 4.78 is 62.9. The van der Waals surface area contributed by atoms with Crippen LogP contribution in [0.25, 0.3) is 21.9 Å². The zero-order valence-electron chi connectivity index (χ0n) is 18.5. The van der Waals surface area contributed by atoms with Crippen molar-refractivity contribution in [2.24, 2.45) is 0 Å². The van der Waals surface area contributed by atoms with Crippen LogP contribution in [0.15, 0.2) is 60.7 Å². The zero-order valence-corrected chi connectivity index (χ0v) is 18.5. The third-order valence-corrected chi connectivity index (χ3v) is 5.66. The van der Waals surface area contributed by atoms with Crippen LogP contribution >= 0.6 is 0 Å². The summed E-state index contributed by atoms with van der Waals surface area (Å²) in [6.45, 7) is 2.47. The van der Waals surface area contributed by atoms with E-state index < -0.39 is 28.8 Å². The van der Waals surface area contributed by atoms with Crippen molar-refractivity contribution >= 4 is 10.8 Å². The molecule has 4 aromatic rings. The van der Waals surface area contributed by atoms with Gasteiger partial charge in [-0.25, -0.2) is 17.6 Å². The van der Waals surface area contributed by atoms with Gasteiger partial charge in [0.2, 0.25) is 0 Å². The highest BCUT2D eigenvalue weighted by Gasteiger charge is 2.14. The van der Waals surface area contributed by atoms with Crippen LogP contribution in [0.2, 0.25) is 0 Å². The Kier molecular flexibility index (Phi) is 6.83. The van der Waals surface area contributed by atoms with Crippen LogP contribution in [-0.4, -0.2) is 6.61 Å². The fourth-order valence-electron chi connectivity index (χ4n) is 3.89. The Balaban J connectivity index is 1.57. The second-order valence-electron chi connectivity index (χ2n) is 8.01. The quantitative estimate of drug-likeness (QED) is 0.266. The molecule has 0 unspecified atom stereocenters. The van der Waals surface area contributed by atoms with Gasteiger partial charge < -0.3 is 4.74 Å². The lowest BCUT2D eigenvalue weighted by atomic mass is 9.96. The number of hydrogen-bond acceptors (Lipinski definition) is 2. The molecule has 34 heavy (non-hydrogen) atoms. The van der Waals surface area contributed by atoms with E-state index in [0.717, 1.165) is 18.6 Å². The Labute approximate surface area is 195 Å². The van der Waals surface area contributed by atoms with Crippen molar-refractivity contribution in [3.05, 3.63) is 101 Å². The van der Waals surface area contributed by atoms with Crippen molar-refractivity contribution in [3.8, 4) is 22.9 Å². The fourth-order valence-corrected chi connectivity index (χ4v) is 3.89. The molecule has 0 aromatic heterocycles. The molecule has 0 aliphatic rings. The molecule has 0 bridgehead atoms. The van der Waals surface area contributed by atoms with Crippen molar-refractivity contribution in [3.63, 3.8) is 0 Å². The molecular weight excluding hydrogens is 442 g/mol. The third-order valence-electron chi connectivity index (χ3n) is 5.66. The molecular formula is C28H21F4NO. The maximum absolute atomic E-state index is 15.2. The average molecular weight is 463 g/mol. The van der Waals surface area contributed by atoms with Crippen LogP contribution < -0.4 is 4.74 Å². The highest BCUT2D eigenvalue weighted by atomic mass is 19.1. The van der Waals surface area contributed by atoms with Crippen molar-refractivity contribution < 1.29 is 22.3 Å². The molecule has 4 aromatic carbocycles. The van der Waals surface area contributed by atoms with E-state index in [1.807, 2.05) is 6.92 Å². The van der Waals surface area contributed by atoms with Gasteiger partial charge in [0.25, 0.3) is 0 Å². The number of nitrogens with zero attached hydrogens (tertiary/aromatic N) is 1. The highest BCUT2D eigenvalue weighted by Crippen LogP contribution is 2.31. The first-order valence-corrected chi connectivity index (χ1v) is 10.9. The van der Waals surface area contributed by atoms with Crippen LogP contribution in [0.4, 0.5) is 17.6 Å². The molecule has 0 radical (unpaired) electrons. The molecule has 0 amide bonds. The fraction of sp³-hybridized carbons (Fsp3) is 0.179. The van der Waals surface area contributed by atoms with Crippen LogP contribution in [-0.2, 0) is 12.8 Å². The summed E-state index contributed by atoms with van der Waals surface area (Å²) in [5.74, 6) is -2.25. The normalized spacial score (nSPS) is 10.9. The summed E-state index contributed by atoms with van der Waals surface area (Å²) >= 11 is 0. The predicted molar refractivity (Wildman–Crippen MR) is 124 cm³/mol. The summed E-state index contributed by atoms with van der Waals surface area (Å²) in [6.07, 6.45) is 1.25. The molecule has 0 heterocycles. The topological polar surface area (TPSA) is 33.0 Å². The van der Waals surface area contributed by atoms with Crippen molar-refractivity contribution in [2.45, 2.75) is 26.2 Å². The molecule has 0 spiro atoms. The van der Waals surface area contributed by atoms with Crippen LogP contribution in [0.1, 0.15) is 30.0 Å². The van der Waals surface area contributed by atoms with E-state index in [-0.39, 0.29) is 12.8 Å². The zero-order chi connectivity index (χ0) is 24.2. The summed E-state index contributed by atoms with van der Waals surface area (Å²) in [6, 6.07) is 16.7. The third kappa shape index (κ3) is 4.74. The molecule has 0 saturated heterocycles. The monoisotopic (exact) mass is 463 g/mol. The van der Waals surface area contributed by atoms with Crippen LogP contribution in [0.3, 0.4) is 0 Å². The van der Waals surface area contributed by atoms with Gasteiger partial charge in [0, 0.05) is 17.0 Å². The summed E-state index contributed by atoms with van der Waals surface area (Å²) in [4.78, 5) is 0. The van der Waals surface area contributed by atoms with Gasteiger partial charge in [-0.15, -0.1) is 0 Å². The number of ether oxygens (including phenoxy) is 1. The van der Waals surface area contributed by atoms with Crippen LogP contribution in [0, 0.1) is 34.6 Å². The van der Waals surface area contributed by atoms with Crippen molar-refractivity contribution in [1.82, 2.24) is 0 Å². The molecule has 0 N–H and O–H groups in total. The van der Waals surface area contributed by atoms with E-state index in [2.05, 4.69) is 0 Å². The minimum atomic E-state index is -0.929. The molecule has 172 valence electrons. The number of hydrogen-bond donors (Lipinski definition) is 0. The number of nitriles is 1. The number of fused-ring (bicyclic) bond motifs is 1. The lowest BCUT2D eigenvalue weighted by Gasteiger charge is -2.11. The lowest BCUT2D eigenvalue weighted by Crippen LogP contribution is -1.99. The summed E-state index contributed by atoms with van der Waals surface area (Å²) in [5.41, 5.74) is 1.11. The number of aryl methyl sites for hydroxylation is 2. The maximum atomic E-state index is 15.2. The molecule has 0 saturated carbocycles. The van der Waals surface area contributed by atoms with Gasteiger partial charge in [0.15, 0.2) is 0 Å². The Morgan fingerprint density at radius 3 is 2.26 bits per heavy atom. The Morgan fingerprint density at radius 2 is 1.59 bits per heavy atom. The van der Waals surface area contributed by atoms with E-state index in [4.69, 9.17) is 10.00 Å². The maximum Gasteiger partial charge on any atom is 0.144 e. The highest BCUT2D eigenvalue weighted by molar-refractivity contribution is 5.88. The van der Waals surface area contributed by atoms with E-state index in [9.17, 15) is 13.2 Å². The SMILES string of the molecule is CCCOc1ccc(-c2ccc3c(F)c(CCc4cc(F)c(C#N)c(F)c4)ccc3c2)c(F)c1. The van der Waals surface area contributed by atoms with Gasteiger partial charge in [0.05, 0.1) is 6.61 Å². The lowest BCUT2D eigenvalue weighted by molar-refractivity contribution is 0.316. The summed E-state index contributed by atoms with van der Waals surface area (Å²) in [7, 11) is 0. The first-order valence-electron chi connectivity index (χ1n) is 10.9. The van der Waals surface area contributed by atoms with Gasteiger partial charge in [0.1, 0.15) is 40.7 Å². The number of rotatable bonds is 7. The molecule has 0 aliphatic carbocycles. The first kappa shape index (κ1) is 23.3. The van der Waals surface area contributed by atoms with Crippen LogP contribution in [0.5, 0.6) is 5.75 Å². The molecule has 2 nitrogen and oxygen atoms in total. The number of halogens is 4. The van der Waals surface area contributed by atoms with E-state index >= 15 is 4.39 Å². The molecule has 6 heteroatoms. The van der Waals surface area contributed by atoms with Gasteiger partial charge in [-0.3, -0.25) is 0 Å². The summed E-state index contributed by atoms with van der Waals surface area (Å²) in [5, 5.41) is 9.77. The minimum Gasteiger partial charge on any atom is -0.494 e. The largest absolute Gasteiger partial charge is 0.494 e. The van der Waals surface area contributed by atoms with Crippen molar-refractivity contribution in [2.75, 3.05) is 6.61 Å². The second kappa shape index (κ2) is 9.96. The van der Waals surface area contributed by atoms with Gasteiger partial charge in [-0.2, -0.15) is 5.26 Å². The molecule has 0 fully saturated rings. The standard InChI is InChI=1S/C28H21F4NO/c1-2-11-34-21-8-10-22(27(31)15-21)19-7-9-23-20(14-19)6-5-18(28(23)32)4-3-17-12-25(29)24(16-33)26(30)13-17/h5-10,12-15H,2-4,11H2,1H3. The smallest absolute Gasteiger partial charge is 0.144 e. The Hall–Kier alpha value is -3.85. The Bertz CT molecular complexity index is 1380. The van der Waals surface area contributed by atoms with E-state index in [1.54, 1.807) is 42.5 Å². The minimum absolute atomic E-state index is 0.206. The average Bonchev–Trinajstić information content (AvgIpc) is 2.82. The van der Waals surface area contributed by atoms with E-state index in [0.29, 0.717) is 45.4 Å². The number of benzene rings is 4. The second-order valence-corrected chi connectivity index (χ2v) is 8.01. The van der Waals surface area contributed by atoms with Gasteiger partial charge >= 0.3 is 0 Å². The van der Waals surface area contributed by atoms with E-state index in [1.165, 1.54) is 12.1 Å². The van der Waals surface area contributed by atoms with Crippen molar-refractivity contribution in [1.29, 1.82) is 5.26 Å². The Morgan fingerprint density at radius 1 is 0.824 bits per heavy atom. The molecule has 0 aliphatic heterocycles. The van der Waals surface area contributed by atoms with Gasteiger partial charge in [-0.05, 0) is 71.7 Å². The molecule has 4 rings (SSSR count).